The number of carboxylic acid groups (broad SMARTS) is 1. The molecule has 2 atom stereocenters. The summed E-state index contributed by atoms with van der Waals surface area (Å²) in [4.78, 5) is 27.7. The molecule has 5 N–H and O–H groups in total. The first kappa shape index (κ1) is 14.5. The highest BCUT2D eigenvalue weighted by molar-refractivity contribution is 7.51. The molecule has 0 saturated heterocycles. The second kappa shape index (κ2) is 4.17. The number of carbonyl (C=O) groups is 1. The largest absolute Gasteiger partial charge is 0.480 e. The molecule has 0 heterocycles. The molecule has 0 rings (SSSR count). The standard InChI is InChI=1S/C7H15FNO5P/c1-6(8,3-4-15(12,13)14)7(2,9)5(10)11/h3-4,9H2,1-2H3,(H,10,11)(H2,12,13,14). The molecule has 0 aromatic rings. The van der Waals surface area contributed by atoms with Crippen molar-refractivity contribution in [3.8, 4) is 0 Å². The van der Waals surface area contributed by atoms with Crippen LogP contribution >= 0.6 is 7.60 Å². The third-order valence-electron chi connectivity index (χ3n) is 2.40. The van der Waals surface area contributed by atoms with Gasteiger partial charge in [0.2, 0.25) is 0 Å². The summed E-state index contributed by atoms with van der Waals surface area (Å²) >= 11 is 0. The fourth-order valence-corrected chi connectivity index (χ4v) is 1.55. The molecule has 0 radical (unpaired) electrons. The lowest BCUT2D eigenvalue weighted by molar-refractivity contribution is -0.148. The van der Waals surface area contributed by atoms with Crippen molar-refractivity contribution in [2.75, 3.05) is 6.16 Å². The Morgan fingerprint density at radius 3 is 2.13 bits per heavy atom. The summed E-state index contributed by atoms with van der Waals surface area (Å²) in [6.07, 6.45) is -1.35. The topological polar surface area (TPSA) is 121 Å². The van der Waals surface area contributed by atoms with Crippen molar-refractivity contribution >= 4 is 13.6 Å². The van der Waals surface area contributed by atoms with E-state index in [1.807, 2.05) is 0 Å². The number of carboxylic acids is 1. The fourth-order valence-electron chi connectivity index (χ4n) is 0.838. The van der Waals surface area contributed by atoms with Gasteiger partial charge in [0.25, 0.3) is 0 Å². The normalized spacial score (nSPS) is 20.4. The summed E-state index contributed by atoms with van der Waals surface area (Å²) in [5.41, 5.74) is 0.672. The molecule has 0 aliphatic heterocycles. The van der Waals surface area contributed by atoms with Gasteiger partial charge in [-0.1, -0.05) is 0 Å². The molecule has 0 fully saturated rings. The van der Waals surface area contributed by atoms with Crippen LogP contribution in [0.5, 0.6) is 0 Å². The molecule has 8 heteroatoms. The lowest BCUT2D eigenvalue weighted by Crippen LogP contribution is -2.60. The summed E-state index contributed by atoms with van der Waals surface area (Å²) in [5, 5.41) is 8.65. The number of alkyl halides is 1. The summed E-state index contributed by atoms with van der Waals surface area (Å²) in [7, 11) is -4.35. The van der Waals surface area contributed by atoms with Gasteiger partial charge < -0.3 is 20.6 Å². The van der Waals surface area contributed by atoms with E-state index in [0.29, 0.717) is 0 Å². The first-order chi connectivity index (χ1) is 6.40. The molecule has 0 aliphatic rings. The van der Waals surface area contributed by atoms with Crippen molar-refractivity contribution in [3.63, 3.8) is 0 Å². The van der Waals surface area contributed by atoms with E-state index < -0.39 is 37.4 Å². The Balaban J connectivity index is 4.69. The Labute approximate surface area is 86.4 Å². The highest BCUT2D eigenvalue weighted by atomic mass is 31.2. The van der Waals surface area contributed by atoms with Crippen molar-refractivity contribution in [1.29, 1.82) is 0 Å². The van der Waals surface area contributed by atoms with Gasteiger partial charge in [-0.3, -0.25) is 9.36 Å². The molecule has 0 aromatic heterocycles. The predicted octanol–water partition coefficient (Wildman–Crippen LogP) is 0.0844. The fraction of sp³-hybridized carbons (Fsp3) is 0.857. The molecular weight excluding hydrogens is 228 g/mol. The number of rotatable bonds is 5. The van der Waals surface area contributed by atoms with Gasteiger partial charge in [-0.25, -0.2) is 4.39 Å². The van der Waals surface area contributed by atoms with E-state index in [4.69, 9.17) is 20.6 Å². The third kappa shape index (κ3) is 3.87. The summed E-state index contributed by atoms with van der Waals surface area (Å²) in [6.45, 7) is 1.88. The maximum atomic E-state index is 13.8. The summed E-state index contributed by atoms with van der Waals surface area (Å²) < 4.78 is 24.3. The first-order valence-electron chi connectivity index (χ1n) is 4.16. The number of nitrogens with two attached hydrogens (primary N) is 1. The van der Waals surface area contributed by atoms with Gasteiger partial charge in [0.05, 0.1) is 6.16 Å². The quantitative estimate of drug-likeness (QED) is 0.507. The smallest absolute Gasteiger partial charge is 0.326 e. The highest BCUT2D eigenvalue weighted by Gasteiger charge is 2.48. The molecule has 90 valence electrons. The van der Waals surface area contributed by atoms with E-state index in [2.05, 4.69) is 0 Å². The first-order valence-corrected chi connectivity index (χ1v) is 5.96. The molecule has 2 unspecified atom stereocenters. The monoisotopic (exact) mass is 243 g/mol. The Morgan fingerprint density at radius 1 is 1.47 bits per heavy atom. The minimum Gasteiger partial charge on any atom is -0.480 e. The van der Waals surface area contributed by atoms with E-state index in [9.17, 15) is 13.8 Å². The van der Waals surface area contributed by atoms with Crippen LogP contribution in [0.15, 0.2) is 0 Å². The summed E-state index contributed by atoms with van der Waals surface area (Å²) in [5.74, 6) is -1.56. The average molecular weight is 243 g/mol. The van der Waals surface area contributed by atoms with Gasteiger partial charge >= 0.3 is 13.6 Å². The van der Waals surface area contributed by atoms with Gasteiger partial charge in [0.1, 0.15) is 11.2 Å². The van der Waals surface area contributed by atoms with Crippen LogP contribution in [0, 0.1) is 0 Å². The van der Waals surface area contributed by atoms with Crippen molar-refractivity contribution in [2.45, 2.75) is 31.5 Å². The van der Waals surface area contributed by atoms with Crippen LogP contribution in [0.1, 0.15) is 20.3 Å². The van der Waals surface area contributed by atoms with Crippen LogP contribution in [0.2, 0.25) is 0 Å². The lowest BCUT2D eigenvalue weighted by atomic mass is 9.83. The van der Waals surface area contributed by atoms with Crippen LogP contribution in [-0.2, 0) is 9.36 Å². The number of aliphatic carboxylic acids is 1. The van der Waals surface area contributed by atoms with Crippen LogP contribution in [-0.4, -0.2) is 38.2 Å². The number of hydrogen-bond acceptors (Lipinski definition) is 3. The van der Waals surface area contributed by atoms with Crippen molar-refractivity contribution in [2.24, 2.45) is 5.73 Å². The average Bonchev–Trinajstić information content (AvgIpc) is 1.99. The van der Waals surface area contributed by atoms with Crippen LogP contribution in [0.3, 0.4) is 0 Å². The molecule has 15 heavy (non-hydrogen) atoms. The van der Waals surface area contributed by atoms with E-state index >= 15 is 0 Å². The maximum Gasteiger partial charge on any atom is 0.326 e. The third-order valence-corrected chi connectivity index (χ3v) is 3.21. The van der Waals surface area contributed by atoms with Crippen molar-refractivity contribution in [1.82, 2.24) is 0 Å². The summed E-state index contributed by atoms with van der Waals surface area (Å²) in [6, 6.07) is 0. The maximum absolute atomic E-state index is 13.8. The second-order valence-electron chi connectivity index (χ2n) is 3.84. The predicted molar refractivity (Wildman–Crippen MR) is 51.3 cm³/mol. The van der Waals surface area contributed by atoms with E-state index in [1.165, 1.54) is 0 Å². The molecule has 0 aliphatic carbocycles. The molecule has 0 spiro atoms. The van der Waals surface area contributed by atoms with Crippen LogP contribution in [0.25, 0.3) is 0 Å². The molecule has 0 bridgehead atoms. The zero-order valence-electron chi connectivity index (χ0n) is 8.47. The SMILES string of the molecule is CC(F)(CCP(=O)(O)O)C(C)(N)C(=O)O. The van der Waals surface area contributed by atoms with E-state index in [1.54, 1.807) is 0 Å². The lowest BCUT2D eigenvalue weighted by Gasteiger charge is -2.33. The Morgan fingerprint density at radius 2 is 1.87 bits per heavy atom. The van der Waals surface area contributed by atoms with E-state index in [-0.39, 0.29) is 0 Å². The Bertz CT molecular complexity index is 298. The van der Waals surface area contributed by atoms with E-state index in [0.717, 1.165) is 13.8 Å². The minimum atomic E-state index is -4.35. The van der Waals surface area contributed by atoms with Crippen LogP contribution in [0.4, 0.5) is 4.39 Å². The molecule has 0 amide bonds. The Hall–Kier alpha value is -0.490. The molecule has 6 nitrogen and oxygen atoms in total. The van der Waals surface area contributed by atoms with Gasteiger partial charge in [0, 0.05) is 0 Å². The zero-order valence-corrected chi connectivity index (χ0v) is 9.37. The molecule has 0 saturated carbocycles. The molecule has 0 aromatic carbocycles. The van der Waals surface area contributed by atoms with Crippen LogP contribution < -0.4 is 5.73 Å². The highest BCUT2D eigenvalue weighted by Crippen LogP contribution is 2.40. The van der Waals surface area contributed by atoms with Gasteiger partial charge in [-0.2, -0.15) is 0 Å². The molecular formula is C7H15FNO5P. The van der Waals surface area contributed by atoms with Crippen molar-refractivity contribution in [3.05, 3.63) is 0 Å². The second-order valence-corrected chi connectivity index (χ2v) is 5.62. The van der Waals surface area contributed by atoms with Crippen molar-refractivity contribution < 1.29 is 28.6 Å². The van der Waals surface area contributed by atoms with Gasteiger partial charge in [0.15, 0.2) is 0 Å². The number of halogens is 1. The minimum absolute atomic E-state index is 0.615. The number of hydrogen-bond donors (Lipinski definition) is 4. The zero-order chi connectivity index (χ0) is 12.5. The van der Waals surface area contributed by atoms with Gasteiger partial charge in [-0.15, -0.1) is 0 Å². The Kier molecular flexibility index (Phi) is 4.04. The van der Waals surface area contributed by atoms with Gasteiger partial charge in [-0.05, 0) is 20.3 Å².